The first kappa shape index (κ1) is 22.6. The predicted octanol–water partition coefficient (Wildman–Crippen LogP) is 2.75. The molecule has 5 rings (SSSR count). The monoisotopic (exact) mass is 476 g/mol. The molecule has 3 N–H and O–H groups in total. The zero-order chi connectivity index (χ0) is 24.5. The summed E-state index contributed by atoms with van der Waals surface area (Å²) in [4.78, 5) is 36.8. The number of alkyl carbamates (subject to hydrolysis) is 1. The van der Waals surface area contributed by atoms with Crippen molar-refractivity contribution in [3.05, 3.63) is 71.5 Å². The minimum atomic E-state index is -1.22. The molecule has 10 nitrogen and oxygen atoms in total. The summed E-state index contributed by atoms with van der Waals surface area (Å²) in [5, 5.41) is 18.5. The number of carboxylic acids is 1. The van der Waals surface area contributed by atoms with Crippen LogP contribution in [0.15, 0.2) is 54.7 Å². The number of hydrogen-bond acceptors (Lipinski definition) is 6. The fourth-order valence-corrected chi connectivity index (χ4v) is 4.77. The molecule has 35 heavy (non-hydrogen) atoms. The molecule has 0 saturated carbocycles. The second kappa shape index (κ2) is 9.22. The molecule has 1 fully saturated rings. The van der Waals surface area contributed by atoms with E-state index in [4.69, 9.17) is 9.47 Å². The van der Waals surface area contributed by atoms with Crippen LogP contribution in [-0.2, 0) is 21.3 Å². The Morgan fingerprint density at radius 3 is 2.43 bits per heavy atom. The van der Waals surface area contributed by atoms with Gasteiger partial charge in [0.25, 0.3) is 5.91 Å². The molecule has 0 unspecified atom stereocenters. The molecule has 2 amide bonds. The van der Waals surface area contributed by atoms with Crippen molar-refractivity contribution < 1.29 is 29.0 Å². The van der Waals surface area contributed by atoms with Crippen LogP contribution < -0.4 is 10.6 Å². The average molecular weight is 476 g/mol. The Hall–Kier alpha value is -4.18. The number of aryl methyl sites for hydroxylation is 1. The van der Waals surface area contributed by atoms with Crippen LogP contribution in [0, 0.1) is 0 Å². The van der Waals surface area contributed by atoms with E-state index >= 15 is 0 Å². The van der Waals surface area contributed by atoms with Crippen molar-refractivity contribution in [1.29, 1.82) is 0 Å². The van der Waals surface area contributed by atoms with Gasteiger partial charge in [0, 0.05) is 19.6 Å². The topological polar surface area (TPSA) is 132 Å². The van der Waals surface area contributed by atoms with Gasteiger partial charge < -0.3 is 25.2 Å². The van der Waals surface area contributed by atoms with E-state index in [-0.39, 0.29) is 30.5 Å². The number of benzene rings is 2. The van der Waals surface area contributed by atoms with Crippen LogP contribution in [0.1, 0.15) is 34.0 Å². The molecule has 2 atom stereocenters. The maximum Gasteiger partial charge on any atom is 0.407 e. The van der Waals surface area contributed by atoms with E-state index in [9.17, 15) is 19.5 Å². The van der Waals surface area contributed by atoms with E-state index < -0.39 is 30.1 Å². The third-order valence-electron chi connectivity index (χ3n) is 6.40. The number of nitrogens with one attached hydrogen (secondary N) is 2. The lowest BCUT2D eigenvalue weighted by Gasteiger charge is -2.20. The fourth-order valence-electron chi connectivity index (χ4n) is 4.77. The van der Waals surface area contributed by atoms with Gasteiger partial charge in [-0.25, -0.2) is 9.59 Å². The summed E-state index contributed by atoms with van der Waals surface area (Å²) in [6.45, 7) is 0.424. The van der Waals surface area contributed by atoms with Gasteiger partial charge in [0.2, 0.25) is 0 Å². The first-order chi connectivity index (χ1) is 16.9. The fraction of sp³-hybridized carbons (Fsp3) is 0.280. The molecule has 1 aromatic heterocycles. The van der Waals surface area contributed by atoms with Gasteiger partial charge in [-0.2, -0.15) is 5.10 Å². The van der Waals surface area contributed by atoms with Gasteiger partial charge in [0.1, 0.15) is 6.61 Å². The Balaban J connectivity index is 1.22. The quantitative estimate of drug-likeness (QED) is 0.498. The van der Waals surface area contributed by atoms with Crippen LogP contribution in [0.2, 0.25) is 0 Å². The van der Waals surface area contributed by atoms with Crippen molar-refractivity contribution in [3.63, 3.8) is 0 Å². The Kier molecular flexibility index (Phi) is 5.96. The summed E-state index contributed by atoms with van der Waals surface area (Å²) in [6.07, 6.45) is 0.0378. The first-order valence-corrected chi connectivity index (χ1v) is 11.2. The molecular formula is C25H24N4O6. The van der Waals surface area contributed by atoms with Crippen LogP contribution in [-0.4, -0.2) is 58.2 Å². The predicted molar refractivity (Wildman–Crippen MR) is 125 cm³/mol. The number of aromatic carboxylic acids is 1. The van der Waals surface area contributed by atoms with Crippen molar-refractivity contribution in [2.75, 3.05) is 18.5 Å². The molecule has 1 aliphatic carbocycles. The van der Waals surface area contributed by atoms with Crippen molar-refractivity contribution in [2.45, 2.75) is 24.5 Å². The number of aromatic nitrogens is 2. The van der Waals surface area contributed by atoms with Crippen LogP contribution in [0.5, 0.6) is 0 Å². The molecule has 0 radical (unpaired) electrons. The second-order valence-electron chi connectivity index (χ2n) is 8.48. The highest BCUT2D eigenvalue weighted by molar-refractivity contribution is 6.01. The standard InChI is InChI=1S/C25H24N4O6/c1-29-21(24(31)32)20(12-26-29)27-23(30)22-19(10-11-34-22)28-25(33)35-13-18-16-8-4-2-6-14(16)15-7-3-5-9-17(15)18/h2-9,12,18-19,22H,10-11,13H2,1H3,(H,27,30)(H,28,33)(H,31,32)/t19-,22+/m0/s1. The van der Waals surface area contributed by atoms with E-state index in [0.717, 1.165) is 26.9 Å². The smallest absolute Gasteiger partial charge is 0.407 e. The van der Waals surface area contributed by atoms with Gasteiger partial charge in [0.15, 0.2) is 11.8 Å². The van der Waals surface area contributed by atoms with Gasteiger partial charge in [0.05, 0.1) is 17.9 Å². The summed E-state index contributed by atoms with van der Waals surface area (Å²) < 4.78 is 12.2. The van der Waals surface area contributed by atoms with Gasteiger partial charge in [-0.1, -0.05) is 48.5 Å². The maximum absolute atomic E-state index is 12.8. The Labute approximate surface area is 200 Å². The van der Waals surface area contributed by atoms with E-state index in [1.807, 2.05) is 36.4 Å². The van der Waals surface area contributed by atoms with E-state index in [1.54, 1.807) is 0 Å². The van der Waals surface area contributed by atoms with Gasteiger partial charge in [-0.3, -0.25) is 9.48 Å². The molecule has 1 saturated heterocycles. The van der Waals surface area contributed by atoms with Crippen molar-refractivity contribution >= 4 is 23.7 Å². The first-order valence-electron chi connectivity index (χ1n) is 11.2. The zero-order valence-corrected chi connectivity index (χ0v) is 18.9. The number of anilines is 1. The number of fused-ring (bicyclic) bond motifs is 3. The molecule has 2 aromatic carbocycles. The molecule has 1 aliphatic heterocycles. The number of hydrogen-bond donors (Lipinski definition) is 3. The van der Waals surface area contributed by atoms with Crippen LogP contribution in [0.3, 0.4) is 0 Å². The highest BCUT2D eigenvalue weighted by Gasteiger charge is 2.37. The number of nitrogens with zero attached hydrogens (tertiary/aromatic N) is 2. The molecule has 3 aromatic rings. The molecule has 2 aliphatic rings. The van der Waals surface area contributed by atoms with Crippen molar-refractivity contribution in [1.82, 2.24) is 15.1 Å². The van der Waals surface area contributed by atoms with E-state index in [1.165, 1.54) is 13.2 Å². The normalized spacial score (nSPS) is 18.5. The van der Waals surface area contributed by atoms with Crippen LogP contribution in [0.25, 0.3) is 11.1 Å². The number of carbonyl (C=O) groups excluding carboxylic acids is 2. The highest BCUT2D eigenvalue weighted by atomic mass is 16.6. The molecule has 0 bridgehead atoms. The van der Waals surface area contributed by atoms with Crippen molar-refractivity contribution in [3.8, 4) is 11.1 Å². The van der Waals surface area contributed by atoms with Gasteiger partial charge in [-0.15, -0.1) is 0 Å². The van der Waals surface area contributed by atoms with Gasteiger partial charge >= 0.3 is 12.1 Å². The lowest BCUT2D eigenvalue weighted by atomic mass is 9.98. The lowest BCUT2D eigenvalue weighted by molar-refractivity contribution is -0.125. The van der Waals surface area contributed by atoms with Crippen LogP contribution in [0.4, 0.5) is 10.5 Å². The van der Waals surface area contributed by atoms with E-state index in [0.29, 0.717) is 6.42 Å². The number of ether oxygens (including phenoxy) is 2. The SMILES string of the molecule is Cn1ncc(NC(=O)[C@@H]2OCC[C@@H]2NC(=O)OCC2c3ccccc3-c3ccccc32)c1C(=O)O. The number of amides is 2. The molecule has 10 heteroatoms. The third-order valence-corrected chi connectivity index (χ3v) is 6.40. The largest absolute Gasteiger partial charge is 0.476 e. The number of carbonyl (C=O) groups is 3. The third kappa shape index (κ3) is 4.24. The Morgan fingerprint density at radius 2 is 1.77 bits per heavy atom. The minimum Gasteiger partial charge on any atom is -0.476 e. The molecule has 2 heterocycles. The summed E-state index contributed by atoms with van der Waals surface area (Å²) in [6, 6.07) is 15.5. The number of rotatable bonds is 6. The summed E-state index contributed by atoms with van der Waals surface area (Å²) in [7, 11) is 1.46. The minimum absolute atomic E-state index is 0.0559. The zero-order valence-electron chi connectivity index (χ0n) is 18.9. The number of carboxylic acid groups (broad SMARTS) is 1. The lowest BCUT2D eigenvalue weighted by Crippen LogP contribution is -2.46. The maximum atomic E-state index is 12.8. The molecule has 180 valence electrons. The van der Waals surface area contributed by atoms with Crippen LogP contribution >= 0.6 is 0 Å². The van der Waals surface area contributed by atoms with E-state index in [2.05, 4.69) is 27.9 Å². The molecular weight excluding hydrogens is 452 g/mol. The van der Waals surface area contributed by atoms with Gasteiger partial charge in [-0.05, 0) is 28.7 Å². The summed E-state index contributed by atoms with van der Waals surface area (Å²) in [5.74, 6) is -1.87. The van der Waals surface area contributed by atoms with Crippen molar-refractivity contribution in [2.24, 2.45) is 7.05 Å². The second-order valence-corrected chi connectivity index (χ2v) is 8.48. The molecule has 0 spiro atoms. The summed E-state index contributed by atoms with van der Waals surface area (Å²) in [5.41, 5.74) is 4.38. The Morgan fingerprint density at radius 1 is 1.11 bits per heavy atom. The highest BCUT2D eigenvalue weighted by Crippen LogP contribution is 2.44. The average Bonchev–Trinajstić information content (AvgIpc) is 3.53. The Bertz CT molecular complexity index is 1260. The summed E-state index contributed by atoms with van der Waals surface area (Å²) >= 11 is 0.